The van der Waals surface area contributed by atoms with E-state index in [0.29, 0.717) is 30.5 Å². The van der Waals surface area contributed by atoms with Gasteiger partial charge in [-0.3, -0.25) is 4.79 Å². The van der Waals surface area contributed by atoms with E-state index in [0.717, 1.165) is 5.56 Å². The molecule has 0 aliphatic carbocycles. The van der Waals surface area contributed by atoms with Crippen LogP contribution in [0.5, 0.6) is 0 Å². The monoisotopic (exact) mass is 289 g/mol. The van der Waals surface area contributed by atoms with Crippen LogP contribution in [0.4, 0.5) is 5.13 Å². The second-order valence-corrected chi connectivity index (χ2v) is 5.48. The van der Waals surface area contributed by atoms with Crippen LogP contribution in [-0.2, 0) is 4.74 Å². The normalized spacial score (nSPS) is 19.0. The van der Waals surface area contributed by atoms with E-state index in [1.807, 2.05) is 30.3 Å². The van der Waals surface area contributed by atoms with E-state index >= 15 is 0 Å². The average Bonchev–Trinajstić information content (AvgIpc) is 2.94. The van der Waals surface area contributed by atoms with E-state index in [-0.39, 0.29) is 12.0 Å². The Hall–Kier alpha value is -1.92. The number of carbonyl (C=O) groups excluding carboxylic acids is 1. The maximum absolute atomic E-state index is 12.3. The summed E-state index contributed by atoms with van der Waals surface area (Å²) in [5, 5.41) is 2.12. The molecule has 0 radical (unpaired) electrons. The highest BCUT2D eigenvalue weighted by Gasteiger charge is 2.27. The summed E-state index contributed by atoms with van der Waals surface area (Å²) in [5.41, 5.74) is 7.08. The van der Waals surface area contributed by atoms with Gasteiger partial charge < -0.3 is 15.4 Å². The standard InChI is InChI=1S/C14H15N3O2S/c15-14-16-11(9-20-14)13(18)17-6-7-19-12(8-17)10-4-2-1-3-5-10/h1-5,9,12H,6-8H2,(H2,15,16). The molecule has 6 heteroatoms. The molecular formula is C14H15N3O2S. The number of morpholine rings is 1. The van der Waals surface area contributed by atoms with Crippen molar-refractivity contribution in [2.24, 2.45) is 0 Å². The molecule has 2 aromatic rings. The van der Waals surface area contributed by atoms with Crippen LogP contribution in [0.2, 0.25) is 0 Å². The van der Waals surface area contributed by atoms with Gasteiger partial charge in [0.25, 0.3) is 5.91 Å². The molecule has 1 aromatic heterocycles. The van der Waals surface area contributed by atoms with Gasteiger partial charge in [0.2, 0.25) is 0 Å². The molecule has 1 amide bonds. The molecule has 1 aromatic carbocycles. The number of rotatable bonds is 2. The topological polar surface area (TPSA) is 68.5 Å². The first-order valence-corrected chi connectivity index (χ1v) is 7.29. The number of amides is 1. The van der Waals surface area contributed by atoms with E-state index in [9.17, 15) is 4.79 Å². The zero-order valence-electron chi connectivity index (χ0n) is 10.9. The number of benzene rings is 1. The molecule has 0 spiro atoms. The molecule has 5 nitrogen and oxygen atoms in total. The average molecular weight is 289 g/mol. The third-order valence-corrected chi connectivity index (χ3v) is 3.94. The largest absolute Gasteiger partial charge is 0.375 e. The van der Waals surface area contributed by atoms with Crippen molar-refractivity contribution >= 4 is 22.4 Å². The molecule has 2 N–H and O–H groups in total. The first kappa shape index (κ1) is 13.1. The van der Waals surface area contributed by atoms with Crippen molar-refractivity contribution in [1.29, 1.82) is 0 Å². The molecule has 1 fully saturated rings. The fourth-order valence-corrected chi connectivity index (χ4v) is 2.79. The van der Waals surface area contributed by atoms with Gasteiger partial charge in [0.1, 0.15) is 11.8 Å². The smallest absolute Gasteiger partial charge is 0.273 e. The highest BCUT2D eigenvalue weighted by molar-refractivity contribution is 7.13. The molecular weight excluding hydrogens is 274 g/mol. The second kappa shape index (κ2) is 5.60. The van der Waals surface area contributed by atoms with Gasteiger partial charge in [0.15, 0.2) is 5.13 Å². The minimum Gasteiger partial charge on any atom is -0.375 e. The van der Waals surface area contributed by atoms with Gasteiger partial charge in [-0.25, -0.2) is 4.98 Å². The summed E-state index contributed by atoms with van der Waals surface area (Å²) in [7, 11) is 0. The number of carbonyl (C=O) groups is 1. The van der Waals surface area contributed by atoms with Crippen LogP contribution in [0.1, 0.15) is 22.2 Å². The summed E-state index contributed by atoms with van der Waals surface area (Å²) in [6, 6.07) is 9.94. The molecule has 104 valence electrons. The van der Waals surface area contributed by atoms with Crippen LogP contribution in [-0.4, -0.2) is 35.5 Å². The number of anilines is 1. The lowest BCUT2D eigenvalue weighted by Gasteiger charge is -2.32. The molecule has 20 heavy (non-hydrogen) atoms. The lowest BCUT2D eigenvalue weighted by atomic mass is 10.1. The highest BCUT2D eigenvalue weighted by Crippen LogP contribution is 2.23. The van der Waals surface area contributed by atoms with E-state index in [2.05, 4.69) is 4.98 Å². The molecule has 1 unspecified atom stereocenters. The summed E-state index contributed by atoms with van der Waals surface area (Å²) >= 11 is 1.28. The van der Waals surface area contributed by atoms with E-state index < -0.39 is 0 Å². The van der Waals surface area contributed by atoms with Crippen LogP contribution < -0.4 is 5.73 Å². The molecule has 1 saturated heterocycles. The molecule has 1 aliphatic rings. The van der Waals surface area contributed by atoms with Gasteiger partial charge in [-0.15, -0.1) is 11.3 Å². The van der Waals surface area contributed by atoms with Gasteiger partial charge in [0, 0.05) is 11.9 Å². The van der Waals surface area contributed by atoms with Crippen molar-refractivity contribution in [2.45, 2.75) is 6.10 Å². The maximum Gasteiger partial charge on any atom is 0.273 e. The Labute approximate surface area is 121 Å². The second-order valence-electron chi connectivity index (χ2n) is 4.59. The quantitative estimate of drug-likeness (QED) is 0.917. The van der Waals surface area contributed by atoms with Crippen LogP contribution in [0, 0.1) is 0 Å². The third kappa shape index (κ3) is 2.66. The zero-order chi connectivity index (χ0) is 13.9. The number of nitrogens with two attached hydrogens (primary N) is 1. The molecule has 1 atom stereocenters. The number of hydrogen-bond donors (Lipinski definition) is 1. The van der Waals surface area contributed by atoms with E-state index in [1.54, 1.807) is 10.3 Å². The van der Waals surface area contributed by atoms with Crippen LogP contribution in [0.25, 0.3) is 0 Å². The number of nitrogen functional groups attached to an aromatic ring is 1. The van der Waals surface area contributed by atoms with E-state index in [4.69, 9.17) is 10.5 Å². The Kier molecular flexibility index (Phi) is 3.66. The van der Waals surface area contributed by atoms with Gasteiger partial charge >= 0.3 is 0 Å². The molecule has 2 heterocycles. The third-order valence-electron chi connectivity index (χ3n) is 3.27. The van der Waals surface area contributed by atoms with Gasteiger partial charge in [-0.2, -0.15) is 0 Å². The van der Waals surface area contributed by atoms with Crippen molar-refractivity contribution in [3.8, 4) is 0 Å². The number of ether oxygens (including phenoxy) is 1. The molecule has 0 bridgehead atoms. The number of thiazole rings is 1. The maximum atomic E-state index is 12.3. The molecule has 1 aliphatic heterocycles. The minimum atomic E-state index is -0.0813. The summed E-state index contributed by atoms with van der Waals surface area (Å²) in [4.78, 5) is 18.2. The summed E-state index contributed by atoms with van der Waals surface area (Å²) < 4.78 is 5.75. The predicted octanol–water partition coefficient (Wildman–Crippen LogP) is 1.94. The first-order valence-electron chi connectivity index (χ1n) is 6.41. The minimum absolute atomic E-state index is 0.0788. The first-order chi connectivity index (χ1) is 9.74. The lowest BCUT2D eigenvalue weighted by molar-refractivity contribution is -0.0229. The van der Waals surface area contributed by atoms with Crippen LogP contribution >= 0.6 is 11.3 Å². The van der Waals surface area contributed by atoms with Crippen molar-refractivity contribution < 1.29 is 9.53 Å². The molecule has 0 saturated carbocycles. The number of aromatic nitrogens is 1. The molecule has 3 rings (SSSR count). The lowest BCUT2D eigenvalue weighted by Crippen LogP contribution is -2.42. The fourth-order valence-electron chi connectivity index (χ4n) is 2.25. The fraction of sp³-hybridized carbons (Fsp3) is 0.286. The van der Waals surface area contributed by atoms with E-state index in [1.165, 1.54) is 11.3 Å². The van der Waals surface area contributed by atoms with Gasteiger partial charge in [0.05, 0.1) is 13.2 Å². The Balaban J connectivity index is 1.74. The van der Waals surface area contributed by atoms with Crippen molar-refractivity contribution in [1.82, 2.24) is 9.88 Å². The summed E-state index contributed by atoms with van der Waals surface area (Å²) in [6.07, 6.45) is -0.0788. The van der Waals surface area contributed by atoms with Crippen molar-refractivity contribution in [2.75, 3.05) is 25.4 Å². The van der Waals surface area contributed by atoms with Gasteiger partial charge in [-0.1, -0.05) is 30.3 Å². The Bertz CT molecular complexity index is 599. The predicted molar refractivity (Wildman–Crippen MR) is 77.6 cm³/mol. The zero-order valence-corrected chi connectivity index (χ0v) is 11.7. The van der Waals surface area contributed by atoms with Crippen molar-refractivity contribution in [3.63, 3.8) is 0 Å². The van der Waals surface area contributed by atoms with Crippen molar-refractivity contribution in [3.05, 3.63) is 47.0 Å². The summed E-state index contributed by atoms with van der Waals surface area (Å²) in [6.45, 7) is 1.66. The highest BCUT2D eigenvalue weighted by atomic mass is 32.1. The van der Waals surface area contributed by atoms with Crippen LogP contribution in [0.15, 0.2) is 35.7 Å². The Morgan fingerprint density at radius 3 is 2.90 bits per heavy atom. The summed E-state index contributed by atoms with van der Waals surface area (Å²) in [5.74, 6) is -0.0813. The Morgan fingerprint density at radius 2 is 2.20 bits per heavy atom. The van der Waals surface area contributed by atoms with Gasteiger partial charge in [-0.05, 0) is 5.56 Å². The Morgan fingerprint density at radius 1 is 1.40 bits per heavy atom. The van der Waals surface area contributed by atoms with Crippen LogP contribution in [0.3, 0.4) is 0 Å². The number of nitrogens with zero attached hydrogens (tertiary/aromatic N) is 2. The SMILES string of the molecule is Nc1nc(C(=O)N2CCOC(c3ccccc3)C2)cs1. The number of hydrogen-bond acceptors (Lipinski definition) is 5.